The summed E-state index contributed by atoms with van der Waals surface area (Å²) >= 11 is 0. The van der Waals surface area contributed by atoms with Crippen LogP contribution in [0.1, 0.15) is 0 Å². The molecular formula is C20H15NO8S2. The lowest BCUT2D eigenvalue weighted by atomic mass is 10.1. The molecule has 4 aromatic rings. The highest BCUT2D eigenvalue weighted by atomic mass is 32.2. The van der Waals surface area contributed by atoms with E-state index in [9.17, 15) is 36.2 Å². The minimum Gasteiger partial charge on any atom is -0.507 e. The summed E-state index contributed by atoms with van der Waals surface area (Å²) in [6, 6.07) is 13.9. The highest BCUT2D eigenvalue weighted by Crippen LogP contribution is 2.41. The van der Waals surface area contributed by atoms with E-state index in [1.54, 1.807) is 30.3 Å². The van der Waals surface area contributed by atoms with Crippen LogP contribution in [-0.4, -0.2) is 36.2 Å². The maximum Gasteiger partial charge on any atom is 0.294 e. The van der Waals surface area contributed by atoms with Crippen LogP contribution < -0.4 is 5.32 Å². The fourth-order valence-corrected chi connectivity index (χ4v) is 4.44. The summed E-state index contributed by atoms with van der Waals surface area (Å²) in [5.41, 5.74) is 0.168. The van der Waals surface area contributed by atoms with Gasteiger partial charge in [0.1, 0.15) is 11.5 Å². The Labute approximate surface area is 176 Å². The molecule has 0 aliphatic heterocycles. The second-order valence-electron chi connectivity index (χ2n) is 6.77. The van der Waals surface area contributed by atoms with Gasteiger partial charge in [0, 0.05) is 16.8 Å². The Morgan fingerprint density at radius 1 is 0.677 bits per heavy atom. The predicted molar refractivity (Wildman–Crippen MR) is 114 cm³/mol. The third-order valence-electron chi connectivity index (χ3n) is 4.74. The molecule has 0 fully saturated rings. The van der Waals surface area contributed by atoms with Gasteiger partial charge in [-0.2, -0.15) is 16.8 Å². The summed E-state index contributed by atoms with van der Waals surface area (Å²) in [6.45, 7) is 0. The van der Waals surface area contributed by atoms with E-state index >= 15 is 0 Å². The number of phenols is 2. The van der Waals surface area contributed by atoms with Crippen LogP contribution in [0.4, 0.5) is 11.4 Å². The van der Waals surface area contributed by atoms with E-state index in [-0.39, 0.29) is 27.9 Å². The van der Waals surface area contributed by atoms with Crippen LogP contribution >= 0.6 is 0 Å². The molecule has 0 bridgehead atoms. The quantitative estimate of drug-likeness (QED) is 0.226. The van der Waals surface area contributed by atoms with Gasteiger partial charge in [-0.1, -0.05) is 30.3 Å². The number of fused-ring (bicyclic) bond motifs is 2. The lowest BCUT2D eigenvalue weighted by Gasteiger charge is -2.16. The average molecular weight is 461 g/mol. The number of benzene rings is 4. The number of aromatic hydroxyl groups is 2. The largest absolute Gasteiger partial charge is 0.507 e. The van der Waals surface area contributed by atoms with Gasteiger partial charge in [0.2, 0.25) is 0 Å². The minimum atomic E-state index is -4.72. The van der Waals surface area contributed by atoms with Gasteiger partial charge in [0.05, 0.1) is 21.2 Å². The third kappa shape index (κ3) is 3.86. The van der Waals surface area contributed by atoms with E-state index in [0.29, 0.717) is 5.39 Å². The number of nitrogens with one attached hydrogen (secondary N) is 1. The molecule has 0 aromatic heterocycles. The lowest BCUT2D eigenvalue weighted by Crippen LogP contribution is -2.03. The maximum atomic E-state index is 11.8. The number of rotatable bonds is 4. The van der Waals surface area contributed by atoms with Gasteiger partial charge >= 0.3 is 0 Å². The first-order valence-corrected chi connectivity index (χ1v) is 11.6. The van der Waals surface area contributed by atoms with E-state index in [4.69, 9.17) is 0 Å². The molecule has 0 saturated heterocycles. The van der Waals surface area contributed by atoms with Crippen LogP contribution in [0, 0.1) is 0 Å². The van der Waals surface area contributed by atoms with Gasteiger partial charge in [-0.05, 0) is 35.0 Å². The van der Waals surface area contributed by atoms with Crippen molar-refractivity contribution in [3.63, 3.8) is 0 Å². The van der Waals surface area contributed by atoms with Gasteiger partial charge < -0.3 is 15.5 Å². The first-order valence-electron chi connectivity index (χ1n) is 8.68. The summed E-state index contributed by atoms with van der Waals surface area (Å²) in [7, 11) is -9.42. The number of hydrogen-bond acceptors (Lipinski definition) is 7. The van der Waals surface area contributed by atoms with E-state index < -0.39 is 35.8 Å². The van der Waals surface area contributed by atoms with Gasteiger partial charge in [-0.15, -0.1) is 0 Å². The third-order valence-corrected chi connectivity index (χ3v) is 6.40. The molecule has 0 atom stereocenters. The zero-order valence-electron chi connectivity index (χ0n) is 15.5. The monoisotopic (exact) mass is 461 g/mol. The predicted octanol–water partition coefficient (Wildman–Crippen LogP) is 3.64. The molecule has 0 saturated carbocycles. The Bertz CT molecular complexity index is 1570. The van der Waals surface area contributed by atoms with Gasteiger partial charge in [0.25, 0.3) is 20.2 Å². The SMILES string of the molecule is O=S(=O)(O)c1cc(O)c2c(Nc3c(O)ccc4ccccc34)cc(S(=O)(=O)O)cc2c1. The number of hydrogen-bond donors (Lipinski definition) is 5. The van der Waals surface area contributed by atoms with Crippen molar-refractivity contribution in [3.05, 3.63) is 60.7 Å². The van der Waals surface area contributed by atoms with Gasteiger partial charge in [-0.25, -0.2) is 0 Å². The van der Waals surface area contributed by atoms with Gasteiger partial charge in [0.15, 0.2) is 0 Å². The normalized spacial score (nSPS) is 12.3. The van der Waals surface area contributed by atoms with Crippen LogP contribution in [0.3, 0.4) is 0 Å². The van der Waals surface area contributed by atoms with Crippen molar-refractivity contribution in [2.24, 2.45) is 0 Å². The maximum absolute atomic E-state index is 11.8. The summed E-state index contributed by atoms with van der Waals surface area (Å²) in [4.78, 5) is -1.25. The molecule has 0 aliphatic carbocycles. The average Bonchev–Trinajstić information content (AvgIpc) is 2.68. The van der Waals surface area contributed by atoms with E-state index in [0.717, 1.165) is 29.7 Å². The zero-order chi connectivity index (χ0) is 22.6. The molecule has 0 aliphatic rings. The summed E-state index contributed by atoms with van der Waals surface area (Å²) in [5, 5.41) is 25.0. The minimum absolute atomic E-state index is 0.00661. The molecule has 5 N–H and O–H groups in total. The van der Waals surface area contributed by atoms with Gasteiger partial charge in [-0.3, -0.25) is 9.11 Å². The van der Waals surface area contributed by atoms with Crippen molar-refractivity contribution >= 4 is 53.2 Å². The Morgan fingerprint density at radius 3 is 1.94 bits per heavy atom. The Morgan fingerprint density at radius 2 is 1.29 bits per heavy atom. The number of phenolic OH excluding ortho intramolecular Hbond substituents is 2. The van der Waals surface area contributed by atoms with Crippen molar-refractivity contribution in [2.45, 2.75) is 9.79 Å². The first-order chi connectivity index (χ1) is 14.4. The van der Waals surface area contributed by atoms with E-state index in [1.165, 1.54) is 6.07 Å². The highest BCUT2D eigenvalue weighted by molar-refractivity contribution is 7.86. The molecule has 0 unspecified atom stereocenters. The molecule has 0 spiro atoms. The van der Waals surface area contributed by atoms with Crippen molar-refractivity contribution in [1.29, 1.82) is 0 Å². The van der Waals surface area contributed by atoms with Crippen molar-refractivity contribution in [3.8, 4) is 11.5 Å². The number of anilines is 2. The second-order valence-corrected chi connectivity index (χ2v) is 9.61. The van der Waals surface area contributed by atoms with Crippen LogP contribution in [0.2, 0.25) is 0 Å². The van der Waals surface area contributed by atoms with E-state index in [1.807, 2.05) is 0 Å². The second kappa shape index (κ2) is 7.10. The summed E-state index contributed by atoms with van der Waals surface area (Å²) in [5.74, 6) is -0.743. The molecular weight excluding hydrogens is 446 g/mol. The molecule has 0 radical (unpaired) electrons. The van der Waals surface area contributed by atoms with Crippen LogP contribution in [0.15, 0.2) is 70.5 Å². The highest BCUT2D eigenvalue weighted by Gasteiger charge is 2.20. The lowest BCUT2D eigenvalue weighted by molar-refractivity contribution is 0.471. The molecule has 11 heteroatoms. The molecule has 0 amide bonds. The smallest absolute Gasteiger partial charge is 0.294 e. The first kappa shape index (κ1) is 20.9. The Balaban J connectivity index is 2.05. The topological polar surface area (TPSA) is 161 Å². The standard InChI is InChI=1S/C20H15NO8S2/c22-17-6-5-11-3-1-2-4-15(11)20(17)21-16-9-13(30(24,25)26)7-12-8-14(31(27,28)29)10-18(23)19(12)16/h1-10,21-23H,(H,24,25,26)(H,27,28,29). The Hall–Kier alpha value is -3.38. The van der Waals surface area contributed by atoms with Crippen molar-refractivity contribution < 1.29 is 36.2 Å². The molecule has 31 heavy (non-hydrogen) atoms. The van der Waals surface area contributed by atoms with E-state index in [2.05, 4.69) is 5.32 Å². The zero-order valence-corrected chi connectivity index (χ0v) is 17.1. The van der Waals surface area contributed by atoms with Crippen molar-refractivity contribution in [2.75, 3.05) is 5.32 Å². The Kier molecular flexibility index (Phi) is 4.78. The molecule has 4 aromatic carbocycles. The summed E-state index contributed by atoms with van der Waals surface area (Å²) in [6.07, 6.45) is 0. The molecule has 4 rings (SSSR count). The van der Waals surface area contributed by atoms with Crippen LogP contribution in [0.25, 0.3) is 21.5 Å². The fraction of sp³-hybridized carbons (Fsp3) is 0. The molecule has 160 valence electrons. The fourth-order valence-electron chi connectivity index (χ4n) is 3.36. The van der Waals surface area contributed by atoms with Crippen molar-refractivity contribution in [1.82, 2.24) is 0 Å². The van der Waals surface area contributed by atoms with Crippen LogP contribution in [-0.2, 0) is 20.2 Å². The van der Waals surface area contributed by atoms with Crippen LogP contribution in [0.5, 0.6) is 11.5 Å². The molecule has 9 nitrogen and oxygen atoms in total. The summed E-state index contributed by atoms with van der Waals surface area (Å²) < 4.78 is 65.4. The molecule has 0 heterocycles.